The van der Waals surface area contributed by atoms with Crippen LogP contribution in [-0.2, 0) is 23.8 Å². The van der Waals surface area contributed by atoms with Crippen molar-refractivity contribution in [3.63, 3.8) is 0 Å². The fourth-order valence-electron chi connectivity index (χ4n) is 5.15. The van der Waals surface area contributed by atoms with Crippen LogP contribution in [0.1, 0.15) is 46.5 Å². The molecule has 0 radical (unpaired) electrons. The summed E-state index contributed by atoms with van der Waals surface area (Å²) in [4.78, 5) is 12.0. The van der Waals surface area contributed by atoms with Gasteiger partial charge in [0.2, 0.25) is 0 Å². The first-order valence-electron chi connectivity index (χ1n) is 8.21. The van der Waals surface area contributed by atoms with Gasteiger partial charge in [-0.05, 0) is 37.0 Å². The van der Waals surface area contributed by atoms with Crippen LogP contribution in [0.2, 0.25) is 0 Å². The van der Waals surface area contributed by atoms with Crippen LogP contribution in [0.15, 0.2) is 0 Å². The number of ether oxygens (including phenoxy) is 1. The SMILES string of the molecule is C[C@H]1[C@@H]2[C@H]3OC(=O)[C@@H](C)[C@@H]3CC[C@@]2(C)CC[C@H]1OS(C)(=O)=O. The number of carbonyl (C=O) groups is 1. The summed E-state index contributed by atoms with van der Waals surface area (Å²) < 4.78 is 34.1. The number of hydrogen-bond acceptors (Lipinski definition) is 5. The van der Waals surface area contributed by atoms with Crippen LogP contribution in [-0.4, -0.2) is 32.9 Å². The molecule has 1 heterocycles. The predicted molar refractivity (Wildman–Crippen MR) is 81.5 cm³/mol. The van der Waals surface area contributed by atoms with Gasteiger partial charge < -0.3 is 4.74 Å². The Hall–Kier alpha value is -0.620. The lowest BCUT2D eigenvalue weighted by Gasteiger charge is -2.54. The van der Waals surface area contributed by atoms with Crippen LogP contribution in [0.25, 0.3) is 0 Å². The molecule has 7 atom stereocenters. The summed E-state index contributed by atoms with van der Waals surface area (Å²) in [6, 6.07) is 0. The Morgan fingerprint density at radius 2 is 1.86 bits per heavy atom. The maximum absolute atomic E-state index is 12.0. The smallest absolute Gasteiger partial charge is 0.309 e. The second-order valence-electron chi connectivity index (χ2n) is 7.81. The third-order valence-corrected chi connectivity index (χ3v) is 6.94. The Morgan fingerprint density at radius 1 is 1.23 bits per heavy atom. The Labute approximate surface area is 132 Å². The molecule has 1 saturated heterocycles. The van der Waals surface area contributed by atoms with Crippen molar-refractivity contribution in [1.29, 1.82) is 0 Å². The molecule has 126 valence electrons. The van der Waals surface area contributed by atoms with Gasteiger partial charge in [-0.3, -0.25) is 8.98 Å². The lowest BCUT2D eigenvalue weighted by Crippen LogP contribution is -2.54. The minimum Gasteiger partial charge on any atom is -0.462 e. The van der Waals surface area contributed by atoms with E-state index in [1.165, 1.54) is 0 Å². The van der Waals surface area contributed by atoms with Gasteiger partial charge in [0, 0.05) is 11.8 Å². The molecule has 0 aromatic rings. The normalized spacial score (nSPS) is 48.5. The highest BCUT2D eigenvalue weighted by Crippen LogP contribution is 2.58. The first-order valence-corrected chi connectivity index (χ1v) is 10.0. The Bertz CT molecular complexity index is 571. The van der Waals surface area contributed by atoms with E-state index in [0.717, 1.165) is 31.9 Å². The molecule has 0 aromatic carbocycles. The average molecular weight is 330 g/mol. The van der Waals surface area contributed by atoms with E-state index in [1.54, 1.807) is 0 Å². The third kappa shape index (κ3) is 2.58. The van der Waals surface area contributed by atoms with Crippen LogP contribution in [0, 0.1) is 29.1 Å². The first kappa shape index (κ1) is 16.2. The highest BCUT2D eigenvalue weighted by atomic mass is 32.2. The molecule has 0 amide bonds. The quantitative estimate of drug-likeness (QED) is 0.574. The zero-order valence-electron chi connectivity index (χ0n) is 13.7. The lowest BCUT2D eigenvalue weighted by atomic mass is 9.53. The van der Waals surface area contributed by atoms with Crippen LogP contribution >= 0.6 is 0 Å². The van der Waals surface area contributed by atoms with Gasteiger partial charge in [0.25, 0.3) is 10.1 Å². The van der Waals surface area contributed by atoms with Crippen molar-refractivity contribution in [2.75, 3.05) is 6.26 Å². The van der Waals surface area contributed by atoms with Crippen LogP contribution in [0.4, 0.5) is 0 Å². The first-order chi connectivity index (χ1) is 10.1. The van der Waals surface area contributed by atoms with Crippen molar-refractivity contribution < 1.29 is 22.1 Å². The molecular weight excluding hydrogens is 304 g/mol. The molecule has 0 unspecified atom stereocenters. The maximum atomic E-state index is 12.0. The summed E-state index contributed by atoms with van der Waals surface area (Å²) in [7, 11) is -3.47. The van der Waals surface area contributed by atoms with E-state index >= 15 is 0 Å². The number of esters is 1. The van der Waals surface area contributed by atoms with Gasteiger partial charge in [0.15, 0.2) is 0 Å². The summed E-state index contributed by atoms with van der Waals surface area (Å²) in [5.41, 5.74) is 0.113. The standard InChI is InChI=1S/C16H26O5S/c1-9-11-5-7-16(3)8-6-12(21-22(4,18)19)10(2)13(16)14(11)20-15(9)17/h9-14H,5-8H2,1-4H3/t9-,10+,11-,12+,13+,14-,16-/m0/s1. The Kier molecular flexibility index (Phi) is 3.84. The highest BCUT2D eigenvalue weighted by Gasteiger charge is 2.59. The largest absolute Gasteiger partial charge is 0.462 e. The second-order valence-corrected chi connectivity index (χ2v) is 9.41. The molecule has 6 heteroatoms. The zero-order valence-corrected chi connectivity index (χ0v) is 14.6. The van der Waals surface area contributed by atoms with Crippen LogP contribution in [0.5, 0.6) is 0 Å². The van der Waals surface area contributed by atoms with Gasteiger partial charge in [0.05, 0.1) is 18.3 Å². The highest BCUT2D eigenvalue weighted by molar-refractivity contribution is 7.86. The van der Waals surface area contributed by atoms with Crippen molar-refractivity contribution >= 4 is 16.1 Å². The number of fused-ring (bicyclic) bond motifs is 3. The van der Waals surface area contributed by atoms with Gasteiger partial charge >= 0.3 is 5.97 Å². The molecule has 0 N–H and O–H groups in total. The molecule has 3 aliphatic rings. The molecule has 0 bridgehead atoms. The summed E-state index contributed by atoms with van der Waals surface area (Å²) >= 11 is 0. The van der Waals surface area contributed by atoms with E-state index in [2.05, 4.69) is 13.8 Å². The molecule has 1 aliphatic heterocycles. The maximum Gasteiger partial charge on any atom is 0.309 e. The van der Waals surface area contributed by atoms with Gasteiger partial charge in [-0.1, -0.05) is 20.8 Å². The molecular formula is C16H26O5S. The lowest BCUT2D eigenvalue weighted by molar-refractivity contribution is -0.157. The molecule has 3 fully saturated rings. The number of rotatable bonds is 2. The summed E-state index contributed by atoms with van der Waals surface area (Å²) in [6.45, 7) is 6.27. The van der Waals surface area contributed by atoms with Crippen LogP contribution < -0.4 is 0 Å². The minimum atomic E-state index is -3.47. The molecule has 22 heavy (non-hydrogen) atoms. The molecule has 2 aliphatic carbocycles. The fraction of sp³-hybridized carbons (Fsp3) is 0.938. The van der Waals surface area contributed by atoms with Crippen molar-refractivity contribution in [2.45, 2.75) is 58.7 Å². The zero-order chi connectivity index (χ0) is 16.3. The monoisotopic (exact) mass is 330 g/mol. The predicted octanol–water partition coefficient (Wildman–Crippen LogP) is 2.36. The van der Waals surface area contributed by atoms with E-state index in [0.29, 0.717) is 0 Å². The molecule has 0 aromatic heterocycles. The molecule has 2 saturated carbocycles. The van der Waals surface area contributed by atoms with Crippen molar-refractivity contribution in [3.05, 3.63) is 0 Å². The van der Waals surface area contributed by atoms with Gasteiger partial charge in [0.1, 0.15) is 6.10 Å². The van der Waals surface area contributed by atoms with Crippen LogP contribution in [0.3, 0.4) is 0 Å². The molecule has 5 nitrogen and oxygen atoms in total. The van der Waals surface area contributed by atoms with Crippen molar-refractivity contribution in [3.8, 4) is 0 Å². The van der Waals surface area contributed by atoms with Gasteiger partial charge in [-0.2, -0.15) is 8.42 Å². The second kappa shape index (κ2) is 5.20. The summed E-state index contributed by atoms with van der Waals surface area (Å²) in [5, 5.41) is 0. The third-order valence-electron chi connectivity index (χ3n) is 6.35. The van der Waals surface area contributed by atoms with Crippen molar-refractivity contribution in [2.24, 2.45) is 29.1 Å². The summed E-state index contributed by atoms with van der Waals surface area (Å²) in [6.07, 6.45) is 4.50. The average Bonchev–Trinajstić information content (AvgIpc) is 2.67. The fourth-order valence-corrected chi connectivity index (χ4v) is 5.87. The molecule has 3 rings (SSSR count). The number of hydrogen-bond donors (Lipinski definition) is 0. The number of carbonyl (C=O) groups excluding carboxylic acids is 1. The van der Waals surface area contributed by atoms with E-state index in [4.69, 9.17) is 8.92 Å². The van der Waals surface area contributed by atoms with E-state index < -0.39 is 10.1 Å². The Morgan fingerprint density at radius 3 is 2.50 bits per heavy atom. The minimum absolute atomic E-state index is 0.0436. The Balaban J connectivity index is 1.88. The van der Waals surface area contributed by atoms with E-state index in [1.807, 2.05) is 6.92 Å². The molecule has 0 spiro atoms. The van der Waals surface area contributed by atoms with Crippen molar-refractivity contribution in [1.82, 2.24) is 0 Å². The van der Waals surface area contributed by atoms with E-state index in [-0.39, 0.29) is 47.3 Å². The topological polar surface area (TPSA) is 69.7 Å². The van der Waals surface area contributed by atoms with Gasteiger partial charge in [-0.25, -0.2) is 0 Å². The van der Waals surface area contributed by atoms with E-state index in [9.17, 15) is 13.2 Å². The van der Waals surface area contributed by atoms with Gasteiger partial charge in [-0.15, -0.1) is 0 Å². The summed E-state index contributed by atoms with van der Waals surface area (Å²) in [5.74, 6) is 0.376.